The molecule has 1 aliphatic rings. The predicted octanol–water partition coefficient (Wildman–Crippen LogP) is 1.57. The molecule has 1 aliphatic heterocycles. The molecule has 2 amide bonds. The van der Waals surface area contributed by atoms with Crippen LogP contribution in [0.4, 0.5) is 5.69 Å². The van der Waals surface area contributed by atoms with Crippen LogP contribution in [0.5, 0.6) is 11.5 Å². The monoisotopic (exact) mass is 404 g/mol. The van der Waals surface area contributed by atoms with Gasteiger partial charge in [0.2, 0.25) is 21.8 Å². The number of methoxy groups -OCH3 is 1. The zero-order valence-electron chi connectivity index (χ0n) is 14.7. The maximum absolute atomic E-state index is 12.3. The third-order valence-electron chi connectivity index (χ3n) is 4.02. The molecule has 0 unspecified atom stereocenters. The second-order valence-electron chi connectivity index (χ2n) is 5.90. The quantitative estimate of drug-likeness (QED) is 0.590. The lowest BCUT2D eigenvalue weighted by atomic mass is 10.1. The SMILES string of the molecule is COC(=O)c1cc(N2C(=O)CCC2=O)c(Oc2ccccc2)c(S(N)(=O)=O)c1. The topological polar surface area (TPSA) is 133 Å². The fraction of sp³-hybridized carbons (Fsp3) is 0.167. The van der Waals surface area contributed by atoms with Crippen molar-refractivity contribution in [2.24, 2.45) is 5.14 Å². The highest BCUT2D eigenvalue weighted by molar-refractivity contribution is 7.89. The summed E-state index contributed by atoms with van der Waals surface area (Å²) in [7, 11) is -3.28. The van der Waals surface area contributed by atoms with Gasteiger partial charge in [0.25, 0.3) is 0 Å². The summed E-state index contributed by atoms with van der Waals surface area (Å²) in [5.41, 5.74) is -0.391. The number of nitrogens with two attached hydrogens (primary N) is 1. The number of carbonyl (C=O) groups is 3. The lowest BCUT2D eigenvalue weighted by Gasteiger charge is -2.21. The van der Waals surface area contributed by atoms with E-state index in [9.17, 15) is 22.8 Å². The summed E-state index contributed by atoms with van der Waals surface area (Å²) < 4.78 is 34.7. The molecule has 1 saturated heterocycles. The Kier molecular flexibility index (Phi) is 5.16. The third kappa shape index (κ3) is 3.73. The van der Waals surface area contributed by atoms with Crippen molar-refractivity contribution in [2.45, 2.75) is 17.7 Å². The van der Waals surface area contributed by atoms with Crippen LogP contribution in [0, 0.1) is 0 Å². The van der Waals surface area contributed by atoms with E-state index in [0.717, 1.165) is 18.1 Å². The van der Waals surface area contributed by atoms with E-state index in [0.29, 0.717) is 0 Å². The van der Waals surface area contributed by atoms with Crippen LogP contribution in [0.25, 0.3) is 0 Å². The Balaban J connectivity index is 2.31. The van der Waals surface area contributed by atoms with Crippen molar-refractivity contribution in [3.63, 3.8) is 0 Å². The Morgan fingerprint density at radius 3 is 2.21 bits per heavy atom. The van der Waals surface area contributed by atoms with Gasteiger partial charge in [-0.3, -0.25) is 9.59 Å². The van der Waals surface area contributed by atoms with Crippen LogP contribution in [0.2, 0.25) is 0 Å². The molecule has 0 radical (unpaired) electrons. The fourth-order valence-corrected chi connectivity index (χ4v) is 3.45. The second-order valence-corrected chi connectivity index (χ2v) is 7.43. The summed E-state index contributed by atoms with van der Waals surface area (Å²) in [6.45, 7) is 0. The van der Waals surface area contributed by atoms with Gasteiger partial charge >= 0.3 is 5.97 Å². The number of hydrogen-bond donors (Lipinski definition) is 1. The molecule has 1 fully saturated rings. The minimum atomic E-state index is -4.39. The van der Waals surface area contributed by atoms with Crippen molar-refractivity contribution in [2.75, 3.05) is 12.0 Å². The summed E-state index contributed by atoms with van der Waals surface area (Å²) in [6, 6.07) is 10.3. The maximum atomic E-state index is 12.3. The first-order valence-electron chi connectivity index (χ1n) is 8.10. The van der Waals surface area contributed by atoms with Crippen molar-refractivity contribution in [1.82, 2.24) is 0 Å². The van der Waals surface area contributed by atoms with Crippen molar-refractivity contribution in [3.05, 3.63) is 48.0 Å². The van der Waals surface area contributed by atoms with Crippen LogP contribution in [-0.4, -0.2) is 33.3 Å². The minimum absolute atomic E-state index is 0.0449. The largest absolute Gasteiger partial charge is 0.465 e. The van der Waals surface area contributed by atoms with E-state index in [1.54, 1.807) is 30.3 Å². The number of amides is 2. The van der Waals surface area contributed by atoms with Crippen molar-refractivity contribution < 1.29 is 32.3 Å². The van der Waals surface area contributed by atoms with Gasteiger partial charge in [0, 0.05) is 12.8 Å². The zero-order valence-corrected chi connectivity index (χ0v) is 15.6. The molecule has 0 aromatic heterocycles. The maximum Gasteiger partial charge on any atom is 0.337 e. The highest BCUT2D eigenvalue weighted by atomic mass is 32.2. The Bertz CT molecular complexity index is 1050. The number of carbonyl (C=O) groups excluding carboxylic acids is 3. The van der Waals surface area contributed by atoms with Gasteiger partial charge in [-0.15, -0.1) is 0 Å². The zero-order chi connectivity index (χ0) is 20.5. The minimum Gasteiger partial charge on any atom is -0.465 e. The fourth-order valence-electron chi connectivity index (χ4n) is 2.75. The smallest absolute Gasteiger partial charge is 0.337 e. The number of sulfonamides is 1. The Hall–Kier alpha value is -3.24. The molecular weight excluding hydrogens is 388 g/mol. The van der Waals surface area contributed by atoms with E-state index in [2.05, 4.69) is 4.74 Å². The van der Waals surface area contributed by atoms with Crippen molar-refractivity contribution in [1.29, 1.82) is 0 Å². The van der Waals surface area contributed by atoms with Gasteiger partial charge in [0.1, 0.15) is 10.6 Å². The normalized spacial score (nSPS) is 14.3. The van der Waals surface area contributed by atoms with Gasteiger partial charge in [-0.25, -0.2) is 23.3 Å². The number of imide groups is 1. The first-order valence-corrected chi connectivity index (χ1v) is 9.65. The molecule has 0 aliphatic carbocycles. The molecule has 2 aromatic carbocycles. The number of benzene rings is 2. The highest BCUT2D eigenvalue weighted by Gasteiger charge is 2.36. The molecule has 146 valence electrons. The number of rotatable bonds is 5. The average Bonchev–Trinajstić information content (AvgIpc) is 2.99. The Labute approximate surface area is 160 Å². The first kappa shape index (κ1) is 19.5. The molecule has 0 atom stereocenters. The molecule has 9 nitrogen and oxygen atoms in total. The lowest BCUT2D eigenvalue weighted by Crippen LogP contribution is -2.30. The third-order valence-corrected chi connectivity index (χ3v) is 4.93. The van der Waals surface area contributed by atoms with Crippen LogP contribution in [0.15, 0.2) is 47.4 Å². The lowest BCUT2D eigenvalue weighted by molar-refractivity contribution is -0.121. The highest BCUT2D eigenvalue weighted by Crippen LogP contribution is 2.41. The number of primary sulfonamides is 1. The number of esters is 1. The molecule has 3 rings (SSSR count). The van der Waals surface area contributed by atoms with Crippen LogP contribution in [-0.2, 0) is 24.3 Å². The first-order chi connectivity index (χ1) is 13.2. The molecule has 10 heteroatoms. The summed E-state index contributed by atoms with van der Waals surface area (Å²) >= 11 is 0. The van der Waals surface area contributed by atoms with Crippen LogP contribution in [0.1, 0.15) is 23.2 Å². The molecule has 2 N–H and O–H groups in total. The summed E-state index contributed by atoms with van der Waals surface area (Å²) in [5.74, 6) is -2.05. The van der Waals surface area contributed by atoms with E-state index < -0.39 is 32.7 Å². The Morgan fingerprint density at radius 1 is 1.07 bits per heavy atom. The van der Waals surface area contributed by atoms with Crippen LogP contribution >= 0.6 is 0 Å². The van der Waals surface area contributed by atoms with Crippen molar-refractivity contribution in [3.8, 4) is 11.5 Å². The predicted molar refractivity (Wildman–Crippen MR) is 97.4 cm³/mol. The van der Waals surface area contributed by atoms with E-state index in [-0.39, 0.29) is 35.6 Å². The summed E-state index contributed by atoms with van der Waals surface area (Å²) in [4.78, 5) is 36.8. The molecule has 0 saturated carbocycles. The molecule has 0 spiro atoms. The van der Waals surface area contributed by atoms with Gasteiger partial charge in [0.15, 0.2) is 5.75 Å². The molecule has 28 heavy (non-hydrogen) atoms. The number of para-hydroxylation sites is 1. The van der Waals surface area contributed by atoms with E-state index >= 15 is 0 Å². The average molecular weight is 404 g/mol. The number of hydrogen-bond acceptors (Lipinski definition) is 7. The van der Waals surface area contributed by atoms with Crippen molar-refractivity contribution >= 4 is 33.5 Å². The van der Waals surface area contributed by atoms with E-state index in [4.69, 9.17) is 9.88 Å². The molecular formula is C18H16N2O7S. The van der Waals surface area contributed by atoms with E-state index in [1.807, 2.05) is 0 Å². The number of anilines is 1. The van der Waals surface area contributed by atoms with Gasteiger partial charge in [-0.1, -0.05) is 18.2 Å². The Morgan fingerprint density at radius 2 is 1.68 bits per heavy atom. The van der Waals surface area contributed by atoms with E-state index in [1.165, 1.54) is 6.07 Å². The van der Waals surface area contributed by atoms with Gasteiger partial charge in [0.05, 0.1) is 18.4 Å². The second kappa shape index (κ2) is 7.41. The summed E-state index contributed by atoms with van der Waals surface area (Å²) in [6.07, 6.45) is -0.0897. The number of ether oxygens (including phenoxy) is 2. The standard InChI is InChI=1S/C18H16N2O7S/c1-26-18(23)11-9-13(20-15(21)7-8-16(20)22)17(14(10-11)28(19,24)25)27-12-5-3-2-4-6-12/h2-6,9-10H,7-8H2,1H3,(H2,19,24,25). The molecule has 0 bridgehead atoms. The number of nitrogens with zero attached hydrogens (tertiary/aromatic N) is 1. The molecule has 1 heterocycles. The summed E-state index contributed by atoms with van der Waals surface area (Å²) in [5, 5.41) is 5.31. The van der Waals surface area contributed by atoms with Gasteiger partial charge in [-0.05, 0) is 24.3 Å². The van der Waals surface area contributed by atoms with Gasteiger partial charge < -0.3 is 9.47 Å². The van der Waals surface area contributed by atoms with Gasteiger partial charge in [-0.2, -0.15) is 0 Å². The van der Waals surface area contributed by atoms with Crippen LogP contribution in [0.3, 0.4) is 0 Å². The molecule has 2 aromatic rings. The van der Waals surface area contributed by atoms with Crippen LogP contribution < -0.4 is 14.8 Å².